The molecule has 1 aromatic carbocycles. The highest BCUT2D eigenvalue weighted by Gasteiger charge is 2.40. The highest BCUT2D eigenvalue weighted by atomic mass is 16.5. The third-order valence-corrected chi connectivity index (χ3v) is 6.55. The van der Waals surface area contributed by atoms with Crippen molar-refractivity contribution in [3.63, 3.8) is 0 Å². The standard InChI is InChI=1S/C25H29N5O3/c1-26-9-10-33-18-4-6-21(28-13-18)23-12-24(19-5-3-17(32-2)11-22(19)29-23)30-14-16-7-8-27-25(31)20(16)15-30/h3-6,11-13,16,20,26H,7-10,14-15H2,1-2H3,(H,27,31)/t16-,20+/m0/s1. The first-order chi connectivity index (χ1) is 16.2. The summed E-state index contributed by atoms with van der Waals surface area (Å²) in [5.74, 6) is 2.08. The number of hydrogen-bond donors (Lipinski definition) is 2. The summed E-state index contributed by atoms with van der Waals surface area (Å²) in [7, 11) is 3.55. The number of fused-ring (bicyclic) bond motifs is 2. The quantitative estimate of drug-likeness (QED) is 0.538. The van der Waals surface area contributed by atoms with Crippen LogP contribution in [0.5, 0.6) is 11.5 Å². The van der Waals surface area contributed by atoms with Crippen LogP contribution < -0.4 is 25.0 Å². The number of nitrogens with one attached hydrogen (secondary N) is 2. The van der Waals surface area contributed by atoms with Gasteiger partial charge in [-0.2, -0.15) is 0 Å². The molecule has 0 unspecified atom stereocenters. The van der Waals surface area contributed by atoms with E-state index in [1.807, 2.05) is 31.3 Å². The van der Waals surface area contributed by atoms with Crippen molar-refractivity contribution in [3.05, 3.63) is 42.6 Å². The van der Waals surface area contributed by atoms with Crippen LogP contribution in [0.25, 0.3) is 22.3 Å². The van der Waals surface area contributed by atoms with Crippen LogP contribution in [0.3, 0.4) is 0 Å². The summed E-state index contributed by atoms with van der Waals surface area (Å²) in [6, 6.07) is 11.9. The van der Waals surface area contributed by atoms with Gasteiger partial charge in [-0.05, 0) is 49.7 Å². The van der Waals surface area contributed by atoms with Crippen molar-refractivity contribution in [2.45, 2.75) is 6.42 Å². The number of hydrogen-bond acceptors (Lipinski definition) is 7. The Hall–Kier alpha value is -3.39. The molecule has 2 aliphatic rings. The molecule has 4 heterocycles. The van der Waals surface area contributed by atoms with E-state index in [4.69, 9.17) is 14.5 Å². The molecule has 2 aliphatic heterocycles. The summed E-state index contributed by atoms with van der Waals surface area (Å²) in [5.41, 5.74) is 3.48. The molecule has 0 saturated carbocycles. The first-order valence-corrected chi connectivity index (χ1v) is 11.4. The van der Waals surface area contributed by atoms with E-state index in [1.54, 1.807) is 13.3 Å². The lowest BCUT2D eigenvalue weighted by Crippen LogP contribution is -2.41. The van der Waals surface area contributed by atoms with Gasteiger partial charge in [0.25, 0.3) is 0 Å². The Labute approximate surface area is 193 Å². The highest BCUT2D eigenvalue weighted by Crippen LogP contribution is 2.38. The molecule has 2 aromatic heterocycles. The van der Waals surface area contributed by atoms with Gasteiger partial charge in [0, 0.05) is 43.3 Å². The van der Waals surface area contributed by atoms with E-state index in [0.717, 1.165) is 65.5 Å². The number of carbonyl (C=O) groups is 1. The van der Waals surface area contributed by atoms with Gasteiger partial charge in [0.15, 0.2) is 0 Å². The van der Waals surface area contributed by atoms with Crippen LogP contribution in [0.4, 0.5) is 5.69 Å². The zero-order valence-corrected chi connectivity index (χ0v) is 19.0. The number of benzene rings is 1. The second-order valence-corrected chi connectivity index (χ2v) is 8.59. The smallest absolute Gasteiger partial charge is 0.225 e. The number of anilines is 1. The number of likely N-dealkylation sites (N-methyl/N-ethyl adjacent to an activating group) is 1. The van der Waals surface area contributed by atoms with Gasteiger partial charge < -0.3 is 25.0 Å². The van der Waals surface area contributed by atoms with E-state index in [2.05, 4.69) is 32.7 Å². The third kappa shape index (κ3) is 4.30. The topological polar surface area (TPSA) is 88.6 Å². The number of aromatic nitrogens is 2. The predicted molar refractivity (Wildman–Crippen MR) is 128 cm³/mol. The maximum atomic E-state index is 12.4. The molecule has 8 heteroatoms. The maximum absolute atomic E-state index is 12.4. The van der Waals surface area contributed by atoms with E-state index < -0.39 is 0 Å². The van der Waals surface area contributed by atoms with Crippen LogP contribution in [0.1, 0.15) is 6.42 Å². The number of amides is 1. The molecule has 8 nitrogen and oxygen atoms in total. The van der Waals surface area contributed by atoms with Gasteiger partial charge in [-0.3, -0.25) is 9.78 Å². The molecule has 0 bridgehead atoms. The van der Waals surface area contributed by atoms with E-state index in [-0.39, 0.29) is 11.8 Å². The van der Waals surface area contributed by atoms with Crippen LogP contribution in [-0.4, -0.2) is 62.8 Å². The molecular formula is C25H29N5O3. The molecular weight excluding hydrogens is 418 g/mol. The largest absolute Gasteiger partial charge is 0.497 e. The van der Waals surface area contributed by atoms with E-state index >= 15 is 0 Å². The van der Waals surface area contributed by atoms with Crippen LogP contribution >= 0.6 is 0 Å². The lowest BCUT2D eigenvalue weighted by molar-refractivity contribution is -0.127. The minimum Gasteiger partial charge on any atom is -0.497 e. The van der Waals surface area contributed by atoms with E-state index in [9.17, 15) is 4.79 Å². The third-order valence-electron chi connectivity index (χ3n) is 6.55. The van der Waals surface area contributed by atoms with E-state index in [0.29, 0.717) is 19.1 Å². The molecule has 1 amide bonds. The Morgan fingerprint density at radius 2 is 2.03 bits per heavy atom. The zero-order valence-electron chi connectivity index (χ0n) is 19.0. The van der Waals surface area contributed by atoms with Crippen molar-refractivity contribution in [1.82, 2.24) is 20.6 Å². The average Bonchev–Trinajstić information content (AvgIpc) is 3.29. The predicted octanol–water partition coefficient (Wildman–Crippen LogP) is 2.48. The lowest BCUT2D eigenvalue weighted by Gasteiger charge is -2.23. The van der Waals surface area contributed by atoms with Crippen molar-refractivity contribution in [2.75, 3.05) is 51.8 Å². The molecule has 5 rings (SSSR count). The van der Waals surface area contributed by atoms with Crippen molar-refractivity contribution in [3.8, 4) is 22.9 Å². The monoisotopic (exact) mass is 447 g/mol. The number of nitrogens with zero attached hydrogens (tertiary/aromatic N) is 3. The molecule has 2 atom stereocenters. The van der Waals surface area contributed by atoms with Crippen molar-refractivity contribution in [1.29, 1.82) is 0 Å². The average molecular weight is 448 g/mol. The minimum atomic E-state index is 0.0378. The van der Waals surface area contributed by atoms with Crippen molar-refractivity contribution in [2.24, 2.45) is 11.8 Å². The Kier molecular flexibility index (Phi) is 6.00. The molecule has 3 aromatic rings. The van der Waals surface area contributed by atoms with Crippen molar-refractivity contribution >= 4 is 22.5 Å². The first kappa shape index (κ1) is 21.5. The highest BCUT2D eigenvalue weighted by molar-refractivity contribution is 5.95. The summed E-state index contributed by atoms with van der Waals surface area (Å²) < 4.78 is 11.1. The van der Waals surface area contributed by atoms with Crippen molar-refractivity contribution < 1.29 is 14.3 Å². The number of piperidine rings is 1. The van der Waals surface area contributed by atoms with Gasteiger partial charge >= 0.3 is 0 Å². The molecule has 33 heavy (non-hydrogen) atoms. The van der Waals surface area contributed by atoms with Gasteiger partial charge in [0.05, 0.1) is 36.1 Å². The van der Waals surface area contributed by atoms with Crippen LogP contribution in [0, 0.1) is 11.8 Å². The van der Waals surface area contributed by atoms with Gasteiger partial charge in [0.2, 0.25) is 5.91 Å². The SMILES string of the molecule is CNCCOc1ccc(-c2cc(N3C[C@@H]4CCNC(=O)[C@@H]4C3)c3ccc(OC)cc3n2)nc1. The van der Waals surface area contributed by atoms with Gasteiger partial charge in [-0.15, -0.1) is 0 Å². The Morgan fingerprint density at radius 1 is 1.15 bits per heavy atom. The summed E-state index contributed by atoms with van der Waals surface area (Å²) >= 11 is 0. The fourth-order valence-corrected chi connectivity index (χ4v) is 4.77. The molecule has 0 aliphatic carbocycles. The Balaban J connectivity index is 1.51. The van der Waals surface area contributed by atoms with Crippen LogP contribution in [0.15, 0.2) is 42.6 Å². The number of ether oxygens (including phenoxy) is 2. The second kappa shape index (κ2) is 9.23. The second-order valence-electron chi connectivity index (χ2n) is 8.59. The van der Waals surface area contributed by atoms with Gasteiger partial charge in [0.1, 0.15) is 18.1 Å². The molecule has 2 fully saturated rings. The summed E-state index contributed by atoms with van der Waals surface area (Å²) in [4.78, 5) is 24.3. The van der Waals surface area contributed by atoms with Gasteiger partial charge in [-0.25, -0.2) is 4.98 Å². The first-order valence-electron chi connectivity index (χ1n) is 11.4. The molecule has 2 saturated heterocycles. The molecule has 172 valence electrons. The summed E-state index contributed by atoms with van der Waals surface area (Å²) in [6.07, 6.45) is 2.75. The minimum absolute atomic E-state index is 0.0378. The Morgan fingerprint density at radius 3 is 2.79 bits per heavy atom. The number of pyridine rings is 2. The lowest BCUT2D eigenvalue weighted by atomic mass is 9.89. The Bertz CT molecular complexity index is 1150. The number of carbonyl (C=O) groups excluding carboxylic acids is 1. The molecule has 0 radical (unpaired) electrons. The maximum Gasteiger partial charge on any atom is 0.225 e. The van der Waals surface area contributed by atoms with E-state index in [1.165, 1.54) is 0 Å². The number of rotatable bonds is 7. The normalized spacial score (nSPS) is 19.9. The fraction of sp³-hybridized carbons (Fsp3) is 0.400. The zero-order chi connectivity index (χ0) is 22.8. The van der Waals surface area contributed by atoms with Crippen LogP contribution in [0.2, 0.25) is 0 Å². The van der Waals surface area contributed by atoms with Gasteiger partial charge in [-0.1, -0.05) is 0 Å². The summed E-state index contributed by atoms with van der Waals surface area (Å²) in [5, 5.41) is 7.13. The fourth-order valence-electron chi connectivity index (χ4n) is 4.77. The number of methoxy groups -OCH3 is 1. The summed E-state index contributed by atoms with van der Waals surface area (Å²) in [6.45, 7) is 3.71. The molecule has 2 N–H and O–H groups in total. The molecule has 0 spiro atoms. The van der Waals surface area contributed by atoms with Crippen LogP contribution in [-0.2, 0) is 4.79 Å².